The Balaban J connectivity index is 2.25. The Labute approximate surface area is 134 Å². The Bertz CT molecular complexity index is 974. The molecule has 0 saturated heterocycles. The second-order valence-electron chi connectivity index (χ2n) is 4.89. The molecule has 0 atom stereocenters. The van der Waals surface area contributed by atoms with Gasteiger partial charge in [-0.1, -0.05) is 15.9 Å². The van der Waals surface area contributed by atoms with Crippen LogP contribution >= 0.6 is 15.9 Å². The third kappa shape index (κ3) is 2.33. The van der Waals surface area contributed by atoms with Crippen LogP contribution in [0.1, 0.15) is 0 Å². The quantitative estimate of drug-likeness (QED) is 0.760. The fourth-order valence-electron chi connectivity index (χ4n) is 2.28. The maximum absolute atomic E-state index is 12.4. The minimum Gasteiger partial charge on any atom is -0.355 e. The molecule has 0 fully saturated rings. The molecule has 3 rings (SSSR count). The standard InChI is InChI=1S/C15H13BrN4O2/c1-19-13-12(14(21)20(2)15(19)22)11(7-8-17-13)18-10-5-3-9(16)4-6-10/h3-8H,1-2H3,(H,17,18). The van der Waals surface area contributed by atoms with Crippen LogP contribution in [-0.4, -0.2) is 14.1 Å². The second-order valence-corrected chi connectivity index (χ2v) is 5.81. The summed E-state index contributed by atoms with van der Waals surface area (Å²) in [5.41, 5.74) is 1.04. The van der Waals surface area contributed by atoms with Crippen LogP contribution in [-0.2, 0) is 14.1 Å². The van der Waals surface area contributed by atoms with E-state index in [9.17, 15) is 9.59 Å². The summed E-state index contributed by atoms with van der Waals surface area (Å²) in [6.07, 6.45) is 1.57. The van der Waals surface area contributed by atoms with Crippen molar-refractivity contribution in [1.82, 2.24) is 14.1 Å². The maximum atomic E-state index is 12.4. The number of nitrogens with zero attached hydrogens (tertiary/aromatic N) is 3. The smallest absolute Gasteiger partial charge is 0.332 e. The number of hydrogen-bond donors (Lipinski definition) is 1. The second kappa shape index (κ2) is 5.42. The SMILES string of the molecule is Cn1c(=O)c2c(Nc3ccc(Br)cc3)ccnc2n(C)c1=O. The molecule has 3 aromatic rings. The number of fused-ring (bicyclic) bond motifs is 1. The highest BCUT2D eigenvalue weighted by molar-refractivity contribution is 9.10. The number of aromatic nitrogens is 3. The van der Waals surface area contributed by atoms with Gasteiger partial charge in [0.15, 0.2) is 5.65 Å². The van der Waals surface area contributed by atoms with Gasteiger partial charge in [-0.05, 0) is 30.3 Å². The topological polar surface area (TPSA) is 68.9 Å². The summed E-state index contributed by atoms with van der Waals surface area (Å²) in [7, 11) is 3.06. The fraction of sp³-hybridized carbons (Fsp3) is 0.133. The van der Waals surface area contributed by atoms with E-state index in [1.165, 1.54) is 11.6 Å². The molecule has 0 saturated carbocycles. The predicted octanol–water partition coefficient (Wildman–Crippen LogP) is 2.14. The third-order valence-corrected chi connectivity index (χ3v) is 3.99. The van der Waals surface area contributed by atoms with Gasteiger partial charge in [0.1, 0.15) is 5.39 Å². The lowest BCUT2D eigenvalue weighted by Crippen LogP contribution is -2.37. The first-order valence-electron chi connectivity index (χ1n) is 6.56. The lowest BCUT2D eigenvalue weighted by atomic mass is 10.2. The Morgan fingerprint density at radius 1 is 1.05 bits per heavy atom. The number of nitrogens with one attached hydrogen (secondary N) is 1. The molecular formula is C15H13BrN4O2. The minimum atomic E-state index is -0.397. The summed E-state index contributed by atoms with van der Waals surface area (Å²) in [6.45, 7) is 0. The third-order valence-electron chi connectivity index (χ3n) is 3.46. The monoisotopic (exact) mass is 360 g/mol. The number of rotatable bonds is 2. The van der Waals surface area contributed by atoms with Gasteiger partial charge in [-0.2, -0.15) is 0 Å². The van der Waals surface area contributed by atoms with Crippen molar-refractivity contribution in [3.63, 3.8) is 0 Å². The number of benzene rings is 1. The highest BCUT2D eigenvalue weighted by atomic mass is 79.9. The normalized spacial score (nSPS) is 10.9. The van der Waals surface area contributed by atoms with Crippen LogP contribution in [0.2, 0.25) is 0 Å². The number of hydrogen-bond acceptors (Lipinski definition) is 4. The molecule has 0 radical (unpaired) electrons. The summed E-state index contributed by atoms with van der Waals surface area (Å²) in [4.78, 5) is 28.6. The van der Waals surface area contributed by atoms with Gasteiger partial charge < -0.3 is 5.32 Å². The zero-order valence-electron chi connectivity index (χ0n) is 12.0. The molecule has 0 unspecified atom stereocenters. The summed E-state index contributed by atoms with van der Waals surface area (Å²) >= 11 is 3.38. The summed E-state index contributed by atoms with van der Waals surface area (Å²) in [5.74, 6) is 0. The van der Waals surface area contributed by atoms with Crippen LogP contribution in [0.15, 0.2) is 50.6 Å². The van der Waals surface area contributed by atoms with Gasteiger partial charge in [0.05, 0.1) is 5.69 Å². The average Bonchev–Trinajstić information content (AvgIpc) is 2.53. The van der Waals surface area contributed by atoms with Gasteiger partial charge in [0.25, 0.3) is 5.56 Å². The molecular weight excluding hydrogens is 348 g/mol. The molecule has 7 heteroatoms. The fourth-order valence-corrected chi connectivity index (χ4v) is 2.54. The lowest BCUT2D eigenvalue weighted by molar-refractivity contribution is 0.708. The highest BCUT2D eigenvalue weighted by Crippen LogP contribution is 2.22. The number of pyridine rings is 1. The van der Waals surface area contributed by atoms with Gasteiger partial charge in [-0.25, -0.2) is 9.78 Å². The Morgan fingerprint density at radius 2 is 1.73 bits per heavy atom. The number of halogens is 1. The van der Waals surface area contributed by atoms with Crippen molar-refractivity contribution in [3.05, 3.63) is 61.8 Å². The van der Waals surface area contributed by atoms with Crippen molar-refractivity contribution in [1.29, 1.82) is 0 Å². The van der Waals surface area contributed by atoms with Gasteiger partial charge in [-0.3, -0.25) is 13.9 Å². The van der Waals surface area contributed by atoms with Crippen molar-refractivity contribution in [3.8, 4) is 0 Å². The average molecular weight is 361 g/mol. The maximum Gasteiger partial charge on any atom is 0.332 e. The van der Waals surface area contributed by atoms with Gasteiger partial charge in [0.2, 0.25) is 0 Å². The van der Waals surface area contributed by atoms with Crippen LogP contribution in [0, 0.1) is 0 Å². The summed E-state index contributed by atoms with van der Waals surface area (Å²) in [6, 6.07) is 9.31. The molecule has 0 spiro atoms. The number of anilines is 2. The van der Waals surface area contributed by atoms with Crippen molar-refractivity contribution < 1.29 is 0 Å². The number of aryl methyl sites for hydroxylation is 1. The van der Waals surface area contributed by atoms with Gasteiger partial charge in [-0.15, -0.1) is 0 Å². The molecule has 1 aromatic carbocycles. The first-order valence-corrected chi connectivity index (χ1v) is 7.35. The Morgan fingerprint density at radius 3 is 2.41 bits per heavy atom. The molecule has 0 aliphatic rings. The molecule has 1 N–H and O–H groups in total. The molecule has 0 amide bonds. The zero-order valence-corrected chi connectivity index (χ0v) is 13.6. The van der Waals surface area contributed by atoms with E-state index in [0.717, 1.165) is 14.7 Å². The molecule has 0 bridgehead atoms. The molecule has 0 aliphatic heterocycles. The predicted molar refractivity (Wildman–Crippen MR) is 89.6 cm³/mol. The van der Waals surface area contributed by atoms with Crippen molar-refractivity contribution in [2.75, 3.05) is 5.32 Å². The van der Waals surface area contributed by atoms with E-state index in [1.54, 1.807) is 19.3 Å². The van der Waals surface area contributed by atoms with Crippen LogP contribution in [0.4, 0.5) is 11.4 Å². The van der Waals surface area contributed by atoms with E-state index in [1.807, 2.05) is 24.3 Å². The molecule has 6 nitrogen and oxygen atoms in total. The van der Waals surface area contributed by atoms with E-state index >= 15 is 0 Å². The summed E-state index contributed by atoms with van der Waals surface area (Å²) < 4.78 is 3.41. The van der Waals surface area contributed by atoms with Crippen LogP contribution < -0.4 is 16.6 Å². The van der Waals surface area contributed by atoms with Gasteiger partial charge >= 0.3 is 5.69 Å². The Kier molecular flexibility index (Phi) is 3.58. The lowest BCUT2D eigenvalue weighted by Gasteiger charge is -2.12. The van der Waals surface area contributed by atoms with E-state index in [0.29, 0.717) is 16.7 Å². The zero-order chi connectivity index (χ0) is 15.9. The van der Waals surface area contributed by atoms with E-state index in [4.69, 9.17) is 0 Å². The van der Waals surface area contributed by atoms with Crippen LogP contribution in [0.5, 0.6) is 0 Å². The first-order chi connectivity index (χ1) is 10.5. The van der Waals surface area contributed by atoms with Crippen LogP contribution in [0.3, 0.4) is 0 Å². The summed E-state index contributed by atoms with van der Waals surface area (Å²) in [5, 5.41) is 3.58. The highest BCUT2D eigenvalue weighted by Gasteiger charge is 2.13. The first kappa shape index (κ1) is 14.5. The van der Waals surface area contributed by atoms with Crippen molar-refractivity contribution in [2.24, 2.45) is 14.1 Å². The molecule has 112 valence electrons. The molecule has 2 aromatic heterocycles. The molecule has 22 heavy (non-hydrogen) atoms. The van der Waals surface area contributed by atoms with E-state index in [2.05, 4.69) is 26.2 Å². The Hall–Kier alpha value is -2.41. The van der Waals surface area contributed by atoms with E-state index in [-0.39, 0.29) is 5.56 Å². The van der Waals surface area contributed by atoms with Crippen molar-refractivity contribution in [2.45, 2.75) is 0 Å². The van der Waals surface area contributed by atoms with Gasteiger partial charge in [0, 0.05) is 30.5 Å². The molecule has 2 heterocycles. The van der Waals surface area contributed by atoms with E-state index < -0.39 is 5.69 Å². The van der Waals surface area contributed by atoms with Crippen molar-refractivity contribution >= 4 is 38.3 Å². The van der Waals surface area contributed by atoms with Crippen LogP contribution in [0.25, 0.3) is 11.0 Å². The minimum absolute atomic E-state index is 0.357. The molecule has 0 aliphatic carbocycles. The largest absolute Gasteiger partial charge is 0.355 e.